The van der Waals surface area contributed by atoms with Crippen LogP contribution in [-0.4, -0.2) is 64.6 Å². The van der Waals surface area contributed by atoms with Crippen molar-refractivity contribution in [1.29, 1.82) is 0 Å². The van der Waals surface area contributed by atoms with Crippen molar-refractivity contribution in [2.75, 3.05) is 26.7 Å². The van der Waals surface area contributed by atoms with Crippen LogP contribution in [-0.2, 0) is 4.74 Å². The minimum atomic E-state index is 0.133. The molecule has 3 aromatic rings. The summed E-state index contributed by atoms with van der Waals surface area (Å²) in [6.07, 6.45) is 7.86. The maximum atomic E-state index is 13.0. The molecule has 0 saturated carbocycles. The highest BCUT2D eigenvalue weighted by Gasteiger charge is 2.44. The smallest absolute Gasteiger partial charge is 0.253 e. The highest BCUT2D eigenvalue weighted by Crippen LogP contribution is 2.39. The molecule has 29 heavy (non-hydrogen) atoms. The Kier molecular flexibility index (Phi) is 4.81. The van der Waals surface area contributed by atoms with Gasteiger partial charge >= 0.3 is 0 Å². The third-order valence-corrected chi connectivity index (χ3v) is 6.45. The number of carbonyl (C=O) groups excluding carboxylic acids is 1. The summed E-state index contributed by atoms with van der Waals surface area (Å²) in [6, 6.07) is 12.7. The fraction of sp³-hybridized carbons (Fsp3) is 0.391. The number of nitrogens with one attached hydrogen (secondary N) is 1. The summed E-state index contributed by atoms with van der Waals surface area (Å²) < 4.78 is 5.68. The SMILES string of the molecule is CO[C@H]1CN(C2CCN(C(=O)c3ccc4[nH]ccc4c3)CC2)[C@H]1c1cccnc1. The number of methoxy groups -OCH3 is 1. The van der Waals surface area contributed by atoms with Gasteiger partial charge in [-0.1, -0.05) is 6.07 Å². The van der Waals surface area contributed by atoms with E-state index in [1.54, 1.807) is 7.11 Å². The van der Waals surface area contributed by atoms with Crippen molar-refractivity contribution in [2.24, 2.45) is 0 Å². The summed E-state index contributed by atoms with van der Waals surface area (Å²) in [5.41, 5.74) is 3.04. The van der Waals surface area contributed by atoms with Crippen LogP contribution >= 0.6 is 0 Å². The topological polar surface area (TPSA) is 61.5 Å². The number of likely N-dealkylation sites (tertiary alicyclic amines) is 2. The Labute approximate surface area is 170 Å². The molecule has 2 aromatic heterocycles. The van der Waals surface area contributed by atoms with E-state index < -0.39 is 0 Å². The number of hydrogen-bond acceptors (Lipinski definition) is 4. The molecule has 1 N–H and O–H groups in total. The molecular formula is C23H26N4O2. The van der Waals surface area contributed by atoms with Crippen molar-refractivity contribution in [3.63, 3.8) is 0 Å². The monoisotopic (exact) mass is 390 g/mol. The van der Waals surface area contributed by atoms with Gasteiger partial charge in [-0.15, -0.1) is 0 Å². The summed E-state index contributed by atoms with van der Waals surface area (Å²) in [5, 5.41) is 1.08. The number of fused-ring (bicyclic) bond motifs is 1. The molecule has 5 rings (SSSR count). The number of ether oxygens (including phenoxy) is 1. The maximum Gasteiger partial charge on any atom is 0.253 e. The van der Waals surface area contributed by atoms with E-state index in [0.717, 1.165) is 48.9 Å². The average Bonchev–Trinajstić information content (AvgIpc) is 3.22. The predicted molar refractivity (Wildman–Crippen MR) is 112 cm³/mol. The number of amides is 1. The van der Waals surface area contributed by atoms with Crippen LogP contribution in [0.3, 0.4) is 0 Å². The lowest BCUT2D eigenvalue weighted by atomic mass is 9.87. The second-order valence-corrected chi connectivity index (χ2v) is 8.01. The average molecular weight is 390 g/mol. The van der Waals surface area contributed by atoms with Gasteiger partial charge in [0.1, 0.15) is 0 Å². The third-order valence-electron chi connectivity index (χ3n) is 6.45. The van der Waals surface area contributed by atoms with Crippen molar-refractivity contribution < 1.29 is 9.53 Å². The summed E-state index contributed by atoms with van der Waals surface area (Å²) in [5.74, 6) is 0.133. The molecule has 2 atom stereocenters. The van der Waals surface area contributed by atoms with Gasteiger partial charge in [-0.25, -0.2) is 0 Å². The van der Waals surface area contributed by atoms with Gasteiger partial charge in [-0.05, 0) is 48.7 Å². The molecule has 1 amide bonds. The molecule has 1 aromatic carbocycles. The molecule has 0 unspecified atom stereocenters. The predicted octanol–water partition coefficient (Wildman–Crippen LogP) is 3.24. The van der Waals surface area contributed by atoms with Crippen molar-refractivity contribution in [2.45, 2.75) is 31.0 Å². The van der Waals surface area contributed by atoms with Crippen LogP contribution in [0.2, 0.25) is 0 Å². The maximum absolute atomic E-state index is 13.0. The third kappa shape index (κ3) is 3.32. The van der Waals surface area contributed by atoms with Gasteiger partial charge < -0.3 is 14.6 Å². The standard InChI is InChI=1S/C23H26N4O2/c1-29-21-15-27(22(21)18-3-2-9-24-14-18)19-7-11-26(12-8-19)23(28)17-4-5-20-16(13-17)6-10-25-20/h2-6,9-10,13-14,19,21-22,25H,7-8,11-12,15H2,1H3/t21-,22-/m0/s1. The fourth-order valence-electron chi connectivity index (χ4n) is 4.80. The largest absolute Gasteiger partial charge is 0.378 e. The number of piperidine rings is 1. The van der Waals surface area contributed by atoms with E-state index >= 15 is 0 Å². The van der Waals surface area contributed by atoms with Crippen LogP contribution < -0.4 is 0 Å². The first-order valence-electron chi connectivity index (χ1n) is 10.3. The van der Waals surface area contributed by atoms with Crippen LogP contribution in [0.5, 0.6) is 0 Å². The molecule has 0 radical (unpaired) electrons. The summed E-state index contributed by atoms with van der Waals surface area (Å²) >= 11 is 0. The van der Waals surface area contributed by atoms with E-state index in [1.807, 2.05) is 53.8 Å². The van der Waals surface area contributed by atoms with Gasteiger partial charge in [-0.3, -0.25) is 14.7 Å². The van der Waals surface area contributed by atoms with Crippen molar-refractivity contribution >= 4 is 16.8 Å². The highest BCUT2D eigenvalue weighted by atomic mass is 16.5. The van der Waals surface area contributed by atoms with Gasteiger partial charge in [0.2, 0.25) is 0 Å². The van der Waals surface area contributed by atoms with Crippen LogP contribution in [0.1, 0.15) is 34.8 Å². The van der Waals surface area contributed by atoms with E-state index in [4.69, 9.17) is 4.74 Å². The van der Waals surface area contributed by atoms with Crippen LogP contribution in [0.25, 0.3) is 10.9 Å². The molecule has 6 nitrogen and oxygen atoms in total. The van der Waals surface area contributed by atoms with Crippen LogP contribution in [0.4, 0.5) is 0 Å². The molecule has 0 aliphatic carbocycles. The number of nitrogens with zero attached hydrogens (tertiary/aromatic N) is 3. The molecular weight excluding hydrogens is 364 g/mol. The molecule has 2 aliphatic heterocycles. The first-order chi connectivity index (χ1) is 14.2. The number of pyridine rings is 1. The Morgan fingerprint density at radius 2 is 2.07 bits per heavy atom. The van der Waals surface area contributed by atoms with Crippen LogP contribution in [0, 0.1) is 0 Å². The summed E-state index contributed by atoms with van der Waals surface area (Å²) in [4.78, 5) is 25.0. The number of carbonyl (C=O) groups is 1. The quantitative estimate of drug-likeness (QED) is 0.743. The Hall–Kier alpha value is -2.70. The first kappa shape index (κ1) is 18.3. The number of rotatable bonds is 4. The van der Waals surface area contributed by atoms with Crippen molar-refractivity contribution in [1.82, 2.24) is 19.8 Å². The van der Waals surface area contributed by atoms with Crippen molar-refractivity contribution in [3.05, 3.63) is 66.1 Å². The first-order valence-corrected chi connectivity index (χ1v) is 10.3. The number of benzene rings is 1. The second kappa shape index (κ2) is 7.61. The van der Waals surface area contributed by atoms with Gasteiger partial charge in [0.05, 0.1) is 12.1 Å². The van der Waals surface area contributed by atoms with Gasteiger partial charge in [0.25, 0.3) is 5.91 Å². The number of aromatic amines is 1. The van der Waals surface area contributed by atoms with E-state index in [0.29, 0.717) is 6.04 Å². The molecule has 0 spiro atoms. The lowest BCUT2D eigenvalue weighted by Gasteiger charge is -2.52. The van der Waals surface area contributed by atoms with E-state index in [9.17, 15) is 4.79 Å². The fourth-order valence-corrected chi connectivity index (χ4v) is 4.80. The zero-order chi connectivity index (χ0) is 19.8. The van der Waals surface area contributed by atoms with Crippen molar-refractivity contribution in [3.8, 4) is 0 Å². The molecule has 0 bridgehead atoms. The van der Waals surface area contributed by atoms with E-state index in [-0.39, 0.29) is 18.1 Å². The minimum absolute atomic E-state index is 0.133. The van der Waals surface area contributed by atoms with E-state index in [2.05, 4.69) is 20.9 Å². The number of H-pyrrole nitrogens is 1. The molecule has 150 valence electrons. The van der Waals surface area contributed by atoms with Crippen LogP contribution in [0.15, 0.2) is 55.0 Å². The van der Waals surface area contributed by atoms with Gasteiger partial charge in [0.15, 0.2) is 0 Å². The summed E-state index contributed by atoms with van der Waals surface area (Å²) in [6.45, 7) is 2.53. The second-order valence-electron chi connectivity index (χ2n) is 8.01. The van der Waals surface area contributed by atoms with Gasteiger partial charge in [-0.2, -0.15) is 0 Å². The minimum Gasteiger partial charge on any atom is -0.378 e. The summed E-state index contributed by atoms with van der Waals surface area (Å²) in [7, 11) is 1.79. The Morgan fingerprint density at radius 1 is 1.21 bits per heavy atom. The highest BCUT2D eigenvalue weighted by molar-refractivity contribution is 5.98. The number of hydrogen-bond donors (Lipinski definition) is 1. The lowest BCUT2D eigenvalue weighted by molar-refractivity contribution is -0.115. The lowest BCUT2D eigenvalue weighted by Crippen LogP contribution is -2.60. The zero-order valence-electron chi connectivity index (χ0n) is 16.6. The van der Waals surface area contributed by atoms with Gasteiger partial charge in [0, 0.05) is 67.8 Å². The molecule has 6 heteroatoms. The zero-order valence-corrected chi connectivity index (χ0v) is 16.6. The molecule has 2 saturated heterocycles. The normalized spacial score (nSPS) is 23.3. The Morgan fingerprint density at radius 3 is 2.83 bits per heavy atom. The Balaban J connectivity index is 1.25. The molecule has 2 aliphatic rings. The molecule has 2 fully saturated rings. The molecule has 4 heterocycles. The Bertz CT molecular complexity index is 994. The number of aromatic nitrogens is 2. The van der Waals surface area contributed by atoms with E-state index in [1.165, 1.54) is 5.56 Å².